The second kappa shape index (κ2) is 10.8. The Morgan fingerprint density at radius 1 is 0.972 bits per heavy atom. The molecular formula is C26H20BrClN2O6. The lowest BCUT2D eigenvalue weighted by atomic mass is 10.1. The van der Waals surface area contributed by atoms with E-state index in [-0.39, 0.29) is 12.2 Å². The topological polar surface area (TPSA) is 94.2 Å². The van der Waals surface area contributed by atoms with E-state index in [1.165, 1.54) is 20.3 Å². The Morgan fingerprint density at radius 2 is 1.67 bits per heavy atom. The van der Waals surface area contributed by atoms with Crippen LogP contribution in [-0.4, -0.2) is 32.1 Å². The number of carbonyl (C=O) groups is 3. The molecule has 1 aliphatic heterocycles. The number of benzene rings is 3. The molecule has 10 heteroatoms. The highest BCUT2D eigenvalue weighted by atomic mass is 79.9. The van der Waals surface area contributed by atoms with E-state index in [0.29, 0.717) is 38.0 Å². The van der Waals surface area contributed by atoms with Gasteiger partial charge in [-0.1, -0.05) is 23.7 Å². The van der Waals surface area contributed by atoms with Crippen LogP contribution in [0.5, 0.6) is 17.2 Å². The number of methoxy groups -OCH3 is 2. The molecule has 1 aliphatic rings. The van der Waals surface area contributed by atoms with Crippen molar-refractivity contribution in [3.05, 3.63) is 86.9 Å². The Kier molecular flexibility index (Phi) is 7.61. The van der Waals surface area contributed by atoms with Gasteiger partial charge in [0.15, 0.2) is 11.5 Å². The van der Waals surface area contributed by atoms with Crippen LogP contribution in [0.25, 0.3) is 6.08 Å². The largest absolute Gasteiger partial charge is 0.497 e. The van der Waals surface area contributed by atoms with Crippen LogP contribution in [0.15, 0.2) is 70.7 Å². The zero-order valence-electron chi connectivity index (χ0n) is 19.2. The molecule has 1 fully saturated rings. The highest BCUT2D eigenvalue weighted by molar-refractivity contribution is 9.10. The van der Waals surface area contributed by atoms with Crippen molar-refractivity contribution in [2.45, 2.75) is 6.61 Å². The molecule has 3 aromatic carbocycles. The number of nitrogens with one attached hydrogen (secondary N) is 1. The van der Waals surface area contributed by atoms with Crippen LogP contribution in [0.4, 0.5) is 10.5 Å². The number of nitrogens with zero attached hydrogens (tertiary/aromatic N) is 1. The molecule has 1 heterocycles. The van der Waals surface area contributed by atoms with E-state index in [1.807, 2.05) is 12.1 Å². The van der Waals surface area contributed by atoms with Gasteiger partial charge in [-0.2, -0.15) is 0 Å². The van der Waals surface area contributed by atoms with Crippen LogP contribution in [0, 0.1) is 0 Å². The van der Waals surface area contributed by atoms with Crippen LogP contribution in [0.3, 0.4) is 0 Å². The number of carbonyl (C=O) groups excluding carboxylic acids is 3. The summed E-state index contributed by atoms with van der Waals surface area (Å²) in [5.41, 5.74) is 1.48. The quantitative estimate of drug-likeness (QED) is 0.303. The summed E-state index contributed by atoms with van der Waals surface area (Å²) >= 11 is 9.40. The van der Waals surface area contributed by atoms with Gasteiger partial charge in [-0.3, -0.25) is 14.9 Å². The molecule has 4 rings (SSSR count). The van der Waals surface area contributed by atoms with Gasteiger partial charge in [0.1, 0.15) is 17.9 Å². The molecular weight excluding hydrogens is 552 g/mol. The highest BCUT2D eigenvalue weighted by Gasteiger charge is 2.36. The Bertz CT molecular complexity index is 1360. The third kappa shape index (κ3) is 5.37. The molecule has 8 nitrogen and oxygen atoms in total. The molecule has 0 unspecified atom stereocenters. The number of rotatable bonds is 7. The number of anilines is 1. The SMILES string of the molecule is COc1ccc(N2C(=O)NC(=O)/C(=C\c3cc(Br)c(OCc4ccc(Cl)cc4)c(OC)c3)C2=O)cc1. The number of urea groups is 1. The van der Waals surface area contributed by atoms with Gasteiger partial charge in [0.2, 0.25) is 0 Å². The lowest BCUT2D eigenvalue weighted by molar-refractivity contribution is -0.122. The van der Waals surface area contributed by atoms with Crippen LogP contribution in [0.2, 0.25) is 5.02 Å². The summed E-state index contributed by atoms with van der Waals surface area (Å²) in [5.74, 6) is -0.160. The molecule has 36 heavy (non-hydrogen) atoms. The van der Waals surface area contributed by atoms with Crippen molar-refractivity contribution in [2.24, 2.45) is 0 Å². The Labute approximate surface area is 220 Å². The van der Waals surface area contributed by atoms with Gasteiger partial charge in [0, 0.05) is 5.02 Å². The van der Waals surface area contributed by atoms with Gasteiger partial charge in [-0.15, -0.1) is 0 Å². The maximum absolute atomic E-state index is 13.2. The van der Waals surface area contributed by atoms with Crippen molar-refractivity contribution in [2.75, 3.05) is 19.1 Å². The second-order valence-corrected chi connectivity index (χ2v) is 8.90. The first kappa shape index (κ1) is 25.3. The second-order valence-electron chi connectivity index (χ2n) is 7.61. The molecule has 0 atom stereocenters. The van der Waals surface area contributed by atoms with Crippen LogP contribution in [0.1, 0.15) is 11.1 Å². The fourth-order valence-electron chi connectivity index (χ4n) is 3.49. The van der Waals surface area contributed by atoms with Crippen molar-refractivity contribution in [1.82, 2.24) is 5.32 Å². The number of hydrogen-bond acceptors (Lipinski definition) is 6. The molecule has 0 spiro atoms. The van der Waals surface area contributed by atoms with E-state index in [0.717, 1.165) is 10.5 Å². The first-order chi connectivity index (χ1) is 17.3. The van der Waals surface area contributed by atoms with Crippen molar-refractivity contribution in [1.29, 1.82) is 0 Å². The summed E-state index contributed by atoms with van der Waals surface area (Å²) in [6.45, 7) is 0.270. The summed E-state index contributed by atoms with van der Waals surface area (Å²) in [7, 11) is 2.99. The molecule has 0 saturated carbocycles. The average molecular weight is 572 g/mol. The monoisotopic (exact) mass is 570 g/mol. The number of halogens is 2. The fraction of sp³-hybridized carbons (Fsp3) is 0.115. The minimum Gasteiger partial charge on any atom is -0.497 e. The number of barbiturate groups is 1. The molecule has 0 aromatic heterocycles. The van der Waals surface area contributed by atoms with E-state index < -0.39 is 17.8 Å². The van der Waals surface area contributed by atoms with Crippen LogP contribution < -0.4 is 24.4 Å². The lowest BCUT2D eigenvalue weighted by Gasteiger charge is -2.26. The van der Waals surface area contributed by atoms with Gasteiger partial charge < -0.3 is 14.2 Å². The maximum atomic E-state index is 13.2. The van der Waals surface area contributed by atoms with Crippen molar-refractivity contribution in [3.8, 4) is 17.2 Å². The van der Waals surface area contributed by atoms with Crippen molar-refractivity contribution < 1.29 is 28.6 Å². The van der Waals surface area contributed by atoms with E-state index in [2.05, 4.69) is 21.2 Å². The van der Waals surface area contributed by atoms with Gasteiger partial charge in [-0.25, -0.2) is 9.69 Å². The molecule has 1 saturated heterocycles. The first-order valence-corrected chi connectivity index (χ1v) is 11.8. The number of imide groups is 2. The van der Waals surface area contributed by atoms with Gasteiger partial charge >= 0.3 is 6.03 Å². The summed E-state index contributed by atoms with van der Waals surface area (Å²) in [6.07, 6.45) is 1.39. The molecule has 184 valence electrons. The fourth-order valence-corrected chi connectivity index (χ4v) is 4.19. The van der Waals surface area contributed by atoms with E-state index in [9.17, 15) is 14.4 Å². The summed E-state index contributed by atoms with van der Waals surface area (Å²) in [4.78, 5) is 39.0. The van der Waals surface area contributed by atoms with Crippen LogP contribution in [-0.2, 0) is 16.2 Å². The zero-order valence-corrected chi connectivity index (χ0v) is 21.6. The smallest absolute Gasteiger partial charge is 0.335 e. The minimum atomic E-state index is -0.836. The van der Waals surface area contributed by atoms with Gasteiger partial charge in [-0.05, 0) is 81.7 Å². The maximum Gasteiger partial charge on any atom is 0.335 e. The molecule has 4 amide bonds. The molecule has 0 radical (unpaired) electrons. The lowest BCUT2D eigenvalue weighted by Crippen LogP contribution is -2.54. The number of ether oxygens (including phenoxy) is 3. The highest BCUT2D eigenvalue weighted by Crippen LogP contribution is 2.38. The molecule has 0 aliphatic carbocycles. The van der Waals surface area contributed by atoms with Crippen molar-refractivity contribution in [3.63, 3.8) is 0 Å². The van der Waals surface area contributed by atoms with Crippen molar-refractivity contribution >= 4 is 57.1 Å². The number of hydrogen-bond donors (Lipinski definition) is 1. The zero-order chi connectivity index (χ0) is 25.8. The number of amides is 4. The minimum absolute atomic E-state index is 0.214. The molecule has 1 N–H and O–H groups in total. The van der Waals surface area contributed by atoms with E-state index in [1.54, 1.807) is 48.5 Å². The standard InChI is InChI=1S/C26H20BrClN2O6/c1-34-19-9-7-18(8-10-19)30-25(32)20(24(31)29-26(30)33)11-16-12-21(27)23(22(13-16)35-2)36-14-15-3-5-17(28)6-4-15/h3-13H,14H2,1-2H3,(H,29,31,33)/b20-11+. The molecule has 0 bridgehead atoms. The predicted molar refractivity (Wildman–Crippen MR) is 138 cm³/mol. The summed E-state index contributed by atoms with van der Waals surface area (Å²) in [5, 5.41) is 2.83. The molecule has 3 aromatic rings. The third-order valence-corrected chi connectivity index (χ3v) is 6.13. The third-order valence-electron chi connectivity index (χ3n) is 5.29. The predicted octanol–water partition coefficient (Wildman–Crippen LogP) is 5.37. The summed E-state index contributed by atoms with van der Waals surface area (Å²) < 4.78 is 17.1. The Morgan fingerprint density at radius 3 is 2.31 bits per heavy atom. The van der Waals surface area contributed by atoms with E-state index >= 15 is 0 Å². The summed E-state index contributed by atoms with van der Waals surface area (Å²) in [6, 6.07) is 16.0. The van der Waals surface area contributed by atoms with Gasteiger partial charge in [0.25, 0.3) is 11.8 Å². The van der Waals surface area contributed by atoms with E-state index in [4.69, 9.17) is 25.8 Å². The van der Waals surface area contributed by atoms with Crippen LogP contribution >= 0.6 is 27.5 Å². The Hall–Kier alpha value is -3.82. The normalized spacial score (nSPS) is 14.6. The Balaban J connectivity index is 1.62. The van der Waals surface area contributed by atoms with Gasteiger partial charge in [0.05, 0.1) is 24.4 Å². The first-order valence-electron chi connectivity index (χ1n) is 10.6. The average Bonchev–Trinajstić information content (AvgIpc) is 2.87.